The second kappa shape index (κ2) is 7.84. The van der Waals surface area contributed by atoms with Crippen molar-refractivity contribution in [3.63, 3.8) is 0 Å². The highest BCUT2D eigenvalue weighted by Gasteiger charge is 2.17. The first-order valence-corrected chi connectivity index (χ1v) is 8.45. The first-order chi connectivity index (χ1) is 12.2. The van der Waals surface area contributed by atoms with Gasteiger partial charge in [-0.1, -0.05) is 54.6 Å². The summed E-state index contributed by atoms with van der Waals surface area (Å²) in [5.74, 6) is 0.347. The average molecular weight is 334 g/mol. The Balaban J connectivity index is 1.64. The zero-order valence-electron chi connectivity index (χ0n) is 14.6. The number of hydrogen-bond acceptors (Lipinski definition) is 3. The topological polar surface area (TPSA) is 35.5 Å². The van der Waals surface area contributed by atoms with Crippen molar-refractivity contribution in [3.05, 3.63) is 77.9 Å². The third kappa shape index (κ3) is 4.18. The summed E-state index contributed by atoms with van der Waals surface area (Å²) in [6.07, 6.45) is 0.733. The molecule has 0 amide bonds. The van der Waals surface area contributed by atoms with Crippen molar-refractivity contribution in [2.45, 2.75) is 19.3 Å². The highest BCUT2D eigenvalue weighted by atomic mass is 16.5. The second-order valence-electron chi connectivity index (χ2n) is 6.10. The number of rotatable bonds is 6. The van der Waals surface area contributed by atoms with E-state index in [2.05, 4.69) is 0 Å². The highest BCUT2D eigenvalue weighted by molar-refractivity contribution is 5.86. The number of esters is 1. The van der Waals surface area contributed by atoms with Crippen LogP contribution in [0.25, 0.3) is 10.8 Å². The van der Waals surface area contributed by atoms with E-state index >= 15 is 0 Å². The Labute approximate surface area is 148 Å². The van der Waals surface area contributed by atoms with Crippen molar-refractivity contribution in [1.29, 1.82) is 0 Å². The quantitative estimate of drug-likeness (QED) is 0.611. The van der Waals surface area contributed by atoms with E-state index < -0.39 is 0 Å². The fourth-order valence-electron chi connectivity index (χ4n) is 2.81. The van der Waals surface area contributed by atoms with Gasteiger partial charge in [-0.3, -0.25) is 4.79 Å². The summed E-state index contributed by atoms with van der Waals surface area (Å²) in [4.78, 5) is 12.3. The largest absolute Gasteiger partial charge is 0.497 e. The summed E-state index contributed by atoms with van der Waals surface area (Å²) < 4.78 is 10.7. The van der Waals surface area contributed by atoms with Gasteiger partial charge in [-0.25, -0.2) is 0 Å². The molecule has 1 atom stereocenters. The fraction of sp³-hybridized carbons (Fsp3) is 0.227. The fourth-order valence-corrected chi connectivity index (χ4v) is 2.81. The molecule has 3 rings (SSSR count). The summed E-state index contributed by atoms with van der Waals surface area (Å²) >= 11 is 0. The van der Waals surface area contributed by atoms with Crippen LogP contribution in [0.15, 0.2) is 66.7 Å². The van der Waals surface area contributed by atoms with Gasteiger partial charge in [0.1, 0.15) is 5.75 Å². The van der Waals surface area contributed by atoms with Crippen LogP contribution in [-0.4, -0.2) is 19.7 Å². The SMILES string of the molecule is COc1ccc2cc([C@H](C)C(=O)OCCc3ccccc3)ccc2c1. The Morgan fingerprint density at radius 2 is 1.68 bits per heavy atom. The number of ether oxygens (including phenoxy) is 2. The Bertz CT molecular complexity index is 856. The average Bonchev–Trinajstić information content (AvgIpc) is 2.67. The van der Waals surface area contributed by atoms with Crippen LogP contribution in [0.2, 0.25) is 0 Å². The van der Waals surface area contributed by atoms with Gasteiger partial charge in [-0.15, -0.1) is 0 Å². The molecular formula is C22H22O3. The maximum atomic E-state index is 12.3. The minimum Gasteiger partial charge on any atom is -0.497 e. The molecule has 25 heavy (non-hydrogen) atoms. The van der Waals surface area contributed by atoms with E-state index in [-0.39, 0.29) is 11.9 Å². The summed E-state index contributed by atoms with van der Waals surface area (Å²) in [7, 11) is 1.66. The van der Waals surface area contributed by atoms with Crippen molar-refractivity contribution in [1.82, 2.24) is 0 Å². The molecule has 0 saturated heterocycles. The number of benzene rings is 3. The van der Waals surface area contributed by atoms with E-state index in [1.54, 1.807) is 7.11 Å². The van der Waals surface area contributed by atoms with Crippen LogP contribution in [0.4, 0.5) is 0 Å². The molecule has 3 heteroatoms. The molecule has 0 radical (unpaired) electrons. The van der Waals surface area contributed by atoms with Crippen molar-refractivity contribution < 1.29 is 14.3 Å². The van der Waals surface area contributed by atoms with Crippen LogP contribution in [0.5, 0.6) is 5.75 Å². The second-order valence-corrected chi connectivity index (χ2v) is 6.10. The van der Waals surface area contributed by atoms with Gasteiger partial charge in [0, 0.05) is 6.42 Å². The maximum Gasteiger partial charge on any atom is 0.313 e. The van der Waals surface area contributed by atoms with Crippen LogP contribution in [0, 0.1) is 0 Å². The molecule has 3 nitrogen and oxygen atoms in total. The van der Waals surface area contributed by atoms with Crippen molar-refractivity contribution in [2.75, 3.05) is 13.7 Å². The molecular weight excluding hydrogens is 312 g/mol. The third-order valence-corrected chi connectivity index (χ3v) is 4.40. The Morgan fingerprint density at radius 1 is 0.960 bits per heavy atom. The standard InChI is InChI=1S/C22H22O3/c1-16(22(23)25-13-12-17-6-4-3-5-7-17)18-8-9-20-15-21(24-2)11-10-19(20)14-18/h3-11,14-16H,12-13H2,1-2H3/t16-/m0/s1. The van der Waals surface area contributed by atoms with Gasteiger partial charge < -0.3 is 9.47 Å². The van der Waals surface area contributed by atoms with Crippen LogP contribution in [0.1, 0.15) is 24.0 Å². The summed E-state index contributed by atoms with van der Waals surface area (Å²) in [6.45, 7) is 2.29. The first kappa shape index (κ1) is 17.0. The van der Waals surface area contributed by atoms with E-state index in [4.69, 9.17) is 9.47 Å². The molecule has 0 heterocycles. The van der Waals surface area contributed by atoms with Crippen molar-refractivity contribution in [2.24, 2.45) is 0 Å². The van der Waals surface area contributed by atoms with Gasteiger partial charge in [0.25, 0.3) is 0 Å². The maximum absolute atomic E-state index is 12.3. The molecule has 0 aliphatic carbocycles. The molecule has 0 bridgehead atoms. The number of hydrogen-bond donors (Lipinski definition) is 0. The Kier molecular flexibility index (Phi) is 5.34. The molecule has 0 N–H and O–H groups in total. The summed E-state index contributed by atoms with van der Waals surface area (Å²) in [5, 5.41) is 2.18. The smallest absolute Gasteiger partial charge is 0.313 e. The molecule has 0 aliphatic heterocycles. The predicted molar refractivity (Wildman–Crippen MR) is 100 cm³/mol. The van der Waals surface area contributed by atoms with E-state index in [1.807, 2.05) is 73.7 Å². The zero-order chi connectivity index (χ0) is 17.6. The van der Waals surface area contributed by atoms with E-state index in [9.17, 15) is 4.79 Å². The van der Waals surface area contributed by atoms with Crippen LogP contribution < -0.4 is 4.74 Å². The molecule has 3 aromatic rings. The normalized spacial score (nSPS) is 11.9. The molecule has 0 fully saturated rings. The van der Waals surface area contributed by atoms with Gasteiger partial charge >= 0.3 is 5.97 Å². The van der Waals surface area contributed by atoms with Gasteiger partial charge in [-0.2, -0.15) is 0 Å². The number of carbonyl (C=O) groups is 1. The predicted octanol–water partition coefficient (Wildman–Crippen LogP) is 4.74. The number of methoxy groups -OCH3 is 1. The van der Waals surface area contributed by atoms with Crippen molar-refractivity contribution in [3.8, 4) is 5.75 Å². The summed E-state index contributed by atoms with van der Waals surface area (Å²) in [5.41, 5.74) is 2.13. The van der Waals surface area contributed by atoms with Gasteiger partial charge in [-0.05, 0) is 41.0 Å². The molecule has 0 spiro atoms. The molecule has 3 aromatic carbocycles. The lowest BCUT2D eigenvalue weighted by Gasteiger charge is -2.13. The Morgan fingerprint density at radius 3 is 2.44 bits per heavy atom. The zero-order valence-corrected chi connectivity index (χ0v) is 14.6. The van der Waals surface area contributed by atoms with E-state index in [0.717, 1.165) is 28.5 Å². The monoisotopic (exact) mass is 334 g/mol. The Hall–Kier alpha value is -2.81. The van der Waals surface area contributed by atoms with Gasteiger partial charge in [0.15, 0.2) is 0 Å². The van der Waals surface area contributed by atoms with E-state index in [0.29, 0.717) is 6.61 Å². The highest BCUT2D eigenvalue weighted by Crippen LogP contribution is 2.25. The molecule has 128 valence electrons. The van der Waals surface area contributed by atoms with Crippen LogP contribution >= 0.6 is 0 Å². The lowest BCUT2D eigenvalue weighted by Crippen LogP contribution is -2.15. The van der Waals surface area contributed by atoms with Gasteiger partial charge in [0.05, 0.1) is 19.6 Å². The number of carbonyl (C=O) groups excluding carboxylic acids is 1. The number of fused-ring (bicyclic) bond motifs is 1. The van der Waals surface area contributed by atoms with Crippen molar-refractivity contribution >= 4 is 16.7 Å². The lowest BCUT2D eigenvalue weighted by atomic mass is 9.98. The molecule has 0 aromatic heterocycles. The minimum absolute atomic E-state index is 0.191. The first-order valence-electron chi connectivity index (χ1n) is 8.45. The van der Waals surface area contributed by atoms with Gasteiger partial charge in [0.2, 0.25) is 0 Å². The molecule has 0 saturated carbocycles. The molecule has 0 unspecified atom stereocenters. The minimum atomic E-state index is -0.290. The lowest BCUT2D eigenvalue weighted by molar-refractivity contribution is -0.144. The van der Waals surface area contributed by atoms with Crippen LogP contribution in [0.3, 0.4) is 0 Å². The molecule has 0 aliphatic rings. The van der Waals surface area contributed by atoms with Crippen LogP contribution in [-0.2, 0) is 16.0 Å². The summed E-state index contributed by atoms with van der Waals surface area (Å²) in [6, 6.07) is 22.0. The van der Waals surface area contributed by atoms with E-state index in [1.165, 1.54) is 5.56 Å². The third-order valence-electron chi connectivity index (χ3n) is 4.40.